The summed E-state index contributed by atoms with van der Waals surface area (Å²) in [6, 6.07) is 9.13. The van der Waals surface area contributed by atoms with Gasteiger partial charge in [0.25, 0.3) is 0 Å². The molecular weight excluding hydrogens is 321 g/mol. The van der Waals surface area contributed by atoms with Crippen LogP contribution in [0.5, 0.6) is 0 Å². The van der Waals surface area contributed by atoms with E-state index in [-0.39, 0.29) is 5.82 Å². The summed E-state index contributed by atoms with van der Waals surface area (Å²) < 4.78 is 19.3. The molecule has 1 N–H and O–H groups in total. The highest BCUT2D eigenvalue weighted by Gasteiger charge is 2.12. The van der Waals surface area contributed by atoms with Crippen LogP contribution in [0.1, 0.15) is 24.7 Å². The van der Waals surface area contributed by atoms with Crippen molar-refractivity contribution < 1.29 is 8.81 Å². The molecule has 0 saturated heterocycles. The third-order valence-electron chi connectivity index (χ3n) is 3.29. The lowest BCUT2D eigenvalue weighted by Gasteiger charge is -2.18. The van der Waals surface area contributed by atoms with Crippen LogP contribution in [0.25, 0.3) is 0 Å². The first kappa shape index (κ1) is 15.3. The minimum Gasteiger partial charge on any atom is -0.469 e. The van der Waals surface area contributed by atoms with E-state index in [1.807, 2.05) is 18.2 Å². The van der Waals surface area contributed by atoms with E-state index in [4.69, 9.17) is 4.42 Å². The molecule has 4 heteroatoms. The summed E-state index contributed by atoms with van der Waals surface area (Å²) in [5.41, 5.74) is 1.12. The summed E-state index contributed by atoms with van der Waals surface area (Å²) in [7, 11) is 0. The summed E-state index contributed by atoms with van der Waals surface area (Å²) in [6.45, 7) is 3.02. The van der Waals surface area contributed by atoms with Crippen molar-refractivity contribution in [2.45, 2.75) is 32.2 Å². The van der Waals surface area contributed by atoms with Gasteiger partial charge in [-0.15, -0.1) is 0 Å². The Bertz CT molecular complexity index is 527. The Kier molecular flexibility index (Phi) is 5.80. The van der Waals surface area contributed by atoms with Gasteiger partial charge in [0, 0.05) is 16.9 Å². The monoisotopic (exact) mass is 339 g/mol. The maximum Gasteiger partial charge on any atom is 0.124 e. The van der Waals surface area contributed by atoms with Gasteiger partial charge in [0.2, 0.25) is 0 Å². The van der Waals surface area contributed by atoms with Crippen LogP contribution in [0.15, 0.2) is 45.5 Å². The van der Waals surface area contributed by atoms with Crippen LogP contribution in [0.4, 0.5) is 4.39 Å². The number of furan rings is 1. The Morgan fingerprint density at radius 3 is 2.85 bits per heavy atom. The smallest absolute Gasteiger partial charge is 0.124 e. The van der Waals surface area contributed by atoms with Crippen LogP contribution in [-0.4, -0.2) is 12.6 Å². The zero-order chi connectivity index (χ0) is 14.4. The molecule has 0 aliphatic rings. The lowest BCUT2D eigenvalue weighted by molar-refractivity contribution is 0.447. The molecule has 2 rings (SSSR count). The molecule has 0 spiro atoms. The molecule has 0 radical (unpaired) electrons. The van der Waals surface area contributed by atoms with Crippen molar-refractivity contribution in [3.63, 3.8) is 0 Å². The summed E-state index contributed by atoms with van der Waals surface area (Å²) in [4.78, 5) is 0. The zero-order valence-corrected chi connectivity index (χ0v) is 13.1. The number of benzene rings is 1. The molecule has 108 valence electrons. The van der Waals surface area contributed by atoms with E-state index >= 15 is 0 Å². The Hall–Kier alpha value is -1.13. The molecule has 1 aromatic carbocycles. The maximum atomic E-state index is 13.1. The van der Waals surface area contributed by atoms with Crippen LogP contribution in [0, 0.1) is 5.82 Å². The first-order valence-corrected chi connectivity index (χ1v) is 7.68. The molecule has 20 heavy (non-hydrogen) atoms. The molecule has 0 fully saturated rings. The van der Waals surface area contributed by atoms with Crippen molar-refractivity contribution >= 4 is 15.9 Å². The van der Waals surface area contributed by atoms with Crippen LogP contribution >= 0.6 is 15.9 Å². The predicted octanol–water partition coefficient (Wildman–Crippen LogP) is 4.33. The van der Waals surface area contributed by atoms with Crippen molar-refractivity contribution in [2.75, 3.05) is 6.54 Å². The largest absolute Gasteiger partial charge is 0.469 e. The van der Waals surface area contributed by atoms with Crippen molar-refractivity contribution in [3.05, 3.63) is 58.2 Å². The van der Waals surface area contributed by atoms with E-state index in [1.165, 1.54) is 12.1 Å². The molecule has 1 aromatic heterocycles. The maximum absolute atomic E-state index is 13.1. The number of likely N-dealkylation sites (N-methyl/N-ethyl adjacent to an activating group) is 1. The fourth-order valence-corrected chi connectivity index (χ4v) is 2.80. The SMILES string of the molecule is CCNC(CCc1ccco1)Cc1ccc(F)cc1Br. The molecule has 0 amide bonds. The number of halogens is 2. The van der Waals surface area contributed by atoms with E-state index in [0.717, 1.165) is 41.6 Å². The molecule has 1 atom stereocenters. The van der Waals surface area contributed by atoms with Crippen LogP contribution < -0.4 is 5.32 Å². The standard InChI is InChI=1S/C16H19BrFNO/c1-2-19-14(7-8-15-4-3-9-20-15)10-12-5-6-13(18)11-16(12)17/h3-6,9,11,14,19H,2,7-8,10H2,1H3. The normalized spacial score (nSPS) is 12.6. The molecule has 0 saturated carbocycles. The lowest BCUT2D eigenvalue weighted by atomic mass is 10.0. The van der Waals surface area contributed by atoms with Crippen molar-refractivity contribution in [1.82, 2.24) is 5.32 Å². The molecule has 0 aliphatic carbocycles. The zero-order valence-electron chi connectivity index (χ0n) is 11.5. The first-order chi connectivity index (χ1) is 9.69. The van der Waals surface area contributed by atoms with Crippen molar-refractivity contribution in [1.29, 1.82) is 0 Å². The summed E-state index contributed by atoms with van der Waals surface area (Å²) in [6.07, 6.45) is 4.47. The second kappa shape index (κ2) is 7.60. The molecule has 1 heterocycles. The van der Waals surface area contributed by atoms with Crippen LogP contribution in [-0.2, 0) is 12.8 Å². The fraction of sp³-hybridized carbons (Fsp3) is 0.375. The number of aryl methyl sites for hydroxylation is 1. The summed E-state index contributed by atoms with van der Waals surface area (Å²) in [5.74, 6) is 0.794. The fourth-order valence-electron chi connectivity index (χ4n) is 2.29. The van der Waals surface area contributed by atoms with E-state index in [0.29, 0.717) is 6.04 Å². The number of hydrogen-bond donors (Lipinski definition) is 1. The average molecular weight is 340 g/mol. The number of hydrogen-bond acceptors (Lipinski definition) is 2. The van der Waals surface area contributed by atoms with Gasteiger partial charge < -0.3 is 9.73 Å². The third kappa shape index (κ3) is 4.46. The van der Waals surface area contributed by atoms with Gasteiger partial charge in [-0.1, -0.05) is 28.9 Å². The van der Waals surface area contributed by atoms with E-state index < -0.39 is 0 Å². The molecule has 0 aliphatic heterocycles. The topological polar surface area (TPSA) is 25.2 Å². The Morgan fingerprint density at radius 2 is 2.20 bits per heavy atom. The van der Waals surface area contributed by atoms with Crippen LogP contribution in [0.3, 0.4) is 0 Å². The molecule has 1 unspecified atom stereocenters. The van der Waals surface area contributed by atoms with E-state index in [1.54, 1.807) is 6.26 Å². The second-order valence-corrected chi connectivity index (χ2v) is 5.67. The van der Waals surface area contributed by atoms with Crippen molar-refractivity contribution in [3.8, 4) is 0 Å². The number of nitrogens with one attached hydrogen (secondary N) is 1. The predicted molar refractivity (Wildman–Crippen MR) is 82.3 cm³/mol. The van der Waals surface area contributed by atoms with Gasteiger partial charge in [0.15, 0.2) is 0 Å². The quantitative estimate of drug-likeness (QED) is 0.811. The van der Waals surface area contributed by atoms with Gasteiger partial charge in [0.05, 0.1) is 6.26 Å². The van der Waals surface area contributed by atoms with Crippen LogP contribution in [0.2, 0.25) is 0 Å². The summed E-state index contributed by atoms with van der Waals surface area (Å²) in [5, 5.41) is 3.48. The van der Waals surface area contributed by atoms with Gasteiger partial charge >= 0.3 is 0 Å². The highest BCUT2D eigenvalue weighted by Crippen LogP contribution is 2.20. The summed E-state index contributed by atoms with van der Waals surface area (Å²) >= 11 is 3.43. The van der Waals surface area contributed by atoms with Gasteiger partial charge in [-0.3, -0.25) is 0 Å². The molecule has 2 aromatic rings. The Morgan fingerprint density at radius 1 is 1.35 bits per heavy atom. The molecular formula is C16H19BrFNO. The van der Waals surface area contributed by atoms with E-state index in [9.17, 15) is 4.39 Å². The van der Waals surface area contributed by atoms with E-state index in [2.05, 4.69) is 28.2 Å². The lowest BCUT2D eigenvalue weighted by Crippen LogP contribution is -2.31. The first-order valence-electron chi connectivity index (χ1n) is 6.88. The minimum atomic E-state index is -0.212. The highest BCUT2D eigenvalue weighted by molar-refractivity contribution is 9.10. The second-order valence-electron chi connectivity index (χ2n) is 4.81. The molecule has 2 nitrogen and oxygen atoms in total. The van der Waals surface area contributed by atoms with Crippen molar-refractivity contribution in [2.24, 2.45) is 0 Å². The minimum absolute atomic E-state index is 0.212. The molecule has 0 bridgehead atoms. The highest BCUT2D eigenvalue weighted by atomic mass is 79.9. The Labute approximate surface area is 127 Å². The Balaban J connectivity index is 1.97. The average Bonchev–Trinajstić information content (AvgIpc) is 2.92. The van der Waals surface area contributed by atoms with Gasteiger partial charge in [-0.05, 0) is 49.2 Å². The third-order valence-corrected chi connectivity index (χ3v) is 4.03. The van der Waals surface area contributed by atoms with Gasteiger partial charge in [-0.2, -0.15) is 0 Å². The number of rotatable bonds is 7. The van der Waals surface area contributed by atoms with Gasteiger partial charge in [0.1, 0.15) is 11.6 Å². The van der Waals surface area contributed by atoms with Gasteiger partial charge in [-0.25, -0.2) is 4.39 Å².